The first-order valence-corrected chi connectivity index (χ1v) is 23.2. The van der Waals surface area contributed by atoms with E-state index in [4.69, 9.17) is 18.5 Å². The molecule has 0 saturated carbocycles. The molecule has 0 aliphatic rings. The van der Waals surface area contributed by atoms with Crippen molar-refractivity contribution in [1.82, 2.24) is 0 Å². The number of esters is 1. The number of unbranched alkanes of at least 4 members (excludes halogenated alkanes) is 13. The Morgan fingerprint density at radius 3 is 1.58 bits per heavy atom. The fourth-order valence-corrected chi connectivity index (χ4v) is 6.14. The van der Waals surface area contributed by atoms with Crippen LogP contribution in [0.5, 0.6) is 0 Å². The molecule has 0 radical (unpaired) electrons. The highest BCUT2D eigenvalue weighted by atomic mass is 31.2. The smallest absolute Gasteiger partial charge is 0.457 e. The molecule has 0 bridgehead atoms. The van der Waals surface area contributed by atoms with Gasteiger partial charge in [-0.25, -0.2) is 4.57 Å². The Hall–Kier alpha value is -2.06. The lowest BCUT2D eigenvalue weighted by molar-refractivity contribution is -0.870. The molecule has 0 aromatic carbocycles. The van der Waals surface area contributed by atoms with Crippen LogP contribution in [0, 0.1) is 0 Å². The van der Waals surface area contributed by atoms with E-state index in [0.717, 1.165) is 89.9 Å². The number of allylic oxidation sites excluding steroid dienone is 12. The summed E-state index contributed by atoms with van der Waals surface area (Å²) in [6.45, 7) is 5.40. The van der Waals surface area contributed by atoms with Crippen molar-refractivity contribution in [3.63, 3.8) is 0 Å². The van der Waals surface area contributed by atoms with Gasteiger partial charge in [-0.2, -0.15) is 0 Å². The second kappa shape index (κ2) is 38.8. The highest BCUT2D eigenvalue weighted by Crippen LogP contribution is 2.43. The minimum Gasteiger partial charge on any atom is -0.457 e. The maximum atomic E-state index is 12.7. The van der Waals surface area contributed by atoms with E-state index in [-0.39, 0.29) is 25.8 Å². The molecule has 0 fully saturated rings. The second-order valence-electron chi connectivity index (χ2n) is 15.3. The molecule has 55 heavy (non-hydrogen) atoms. The maximum absolute atomic E-state index is 12.7. The van der Waals surface area contributed by atoms with Crippen molar-refractivity contribution in [3.05, 3.63) is 72.9 Å². The van der Waals surface area contributed by atoms with E-state index in [0.29, 0.717) is 24.1 Å². The molecule has 318 valence electrons. The fraction of sp³-hybridized carbons (Fsp3) is 0.717. The number of quaternary nitrogens is 1. The number of ether oxygens (including phenoxy) is 2. The van der Waals surface area contributed by atoms with Crippen LogP contribution in [-0.4, -0.2) is 75.6 Å². The van der Waals surface area contributed by atoms with E-state index >= 15 is 0 Å². The van der Waals surface area contributed by atoms with Gasteiger partial charge in [0.25, 0.3) is 0 Å². The number of hydrogen-bond donors (Lipinski definition) is 1. The molecule has 8 nitrogen and oxygen atoms in total. The van der Waals surface area contributed by atoms with Crippen molar-refractivity contribution in [3.8, 4) is 0 Å². The van der Waals surface area contributed by atoms with Crippen molar-refractivity contribution in [2.24, 2.45) is 0 Å². The molecule has 2 unspecified atom stereocenters. The first-order valence-electron chi connectivity index (χ1n) is 21.7. The minimum atomic E-state index is -4.29. The fourth-order valence-electron chi connectivity index (χ4n) is 5.40. The van der Waals surface area contributed by atoms with Crippen LogP contribution in [0.4, 0.5) is 0 Å². The lowest BCUT2D eigenvalue weighted by Crippen LogP contribution is -2.37. The number of rotatable bonds is 39. The summed E-state index contributed by atoms with van der Waals surface area (Å²) in [6.07, 6.45) is 49.3. The Kier molecular flexibility index (Phi) is 37.3. The monoisotopic (exact) mass is 793 g/mol. The number of carbonyl (C=O) groups excluding carboxylic acids is 1. The molecule has 0 saturated heterocycles. The van der Waals surface area contributed by atoms with Crippen molar-refractivity contribution in [2.45, 2.75) is 161 Å². The highest BCUT2D eigenvalue weighted by Gasteiger charge is 2.26. The summed E-state index contributed by atoms with van der Waals surface area (Å²) in [6, 6.07) is 0. The summed E-state index contributed by atoms with van der Waals surface area (Å²) in [7, 11) is 1.63. The molecular weight excluding hydrogens is 709 g/mol. The van der Waals surface area contributed by atoms with Gasteiger partial charge in [-0.3, -0.25) is 13.8 Å². The number of hydrogen-bond acceptors (Lipinski definition) is 6. The van der Waals surface area contributed by atoms with E-state index in [9.17, 15) is 14.3 Å². The molecular formula is C46H83NO7P+. The molecule has 0 aliphatic heterocycles. The van der Waals surface area contributed by atoms with Crippen LogP contribution in [0.25, 0.3) is 0 Å². The Balaban J connectivity index is 4.33. The van der Waals surface area contributed by atoms with Gasteiger partial charge in [-0.05, 0) is 83.5 Å². The quantitative estimate of drug-likeness (QED) is 0.0218. The normalized spacial score (nSPS) is 14.5. The first kappa shape index (κ1) is 52.9. The van der Waals surface area contributed by atoms with Crippen LogP contribution in [0.15, 0.2) is 72.9 Å². The predicted octanol–water partition coefficient (Wildman–Crippen LogP) is 12.7. The van der Waals surface area contributed by atoms with Crippen LogP contribution in [0.1, 0.15) is 155 Å². The van der Waals surface area contributed by atoms with Crippen molar-refractivity contribution in [2.75, 3.05) is 54.1 Å². The average molecular weight is 793 g/mol. The number of likely N-dealkylation sites (N-methyl/N-ethyl adjacent to an activating group) is 1. The summed E-state index contributed by atoms with van der Waals surface area (Å²) >= 11 is 0. The van der Waals surface area contributed by atoms with Crippen LogP contribution in [-0.2, 0) is 27.9 Å². The van der Waals surface area contributed by atoms with Crippen molar-refractivity contribution < 1.29 is 37.3 Å². The van der Waals surface area contributed by atoms with Crippen molar-refractivity contribution in [1.29, 1.82) is 0 Å². The van der Waals surface area contributed by atoms with Gasteiger partial charge in [-0.1, -0.05) is 138 Å². The summed E-state index contributed by atoms with van der Waals surface area (Å²) < 4.78 is 34.9. The van der Waals surface area contributed by atoms with Gasteiger partial charge in [-0.15, -0.1) is 0 Å². The van der Waals surface area contributed by atoms with E-state index in [1.54, 1.807) is 0 Å². The lowest BCUT2D eigenvalue weighted by atomic mass is 10.1. The second-order valence-corrected chi connectivity index (χ2v) is 16.8. The molecule has 0 spiro atoms. The molecule has 2 atom stereocenters. The summed E-state index contributed by atoms with van der Waals surface area (Å²) in [4.78, 5) is 22.9. The number of phosphoric acid groups is 1. The molecule has 0 aliphatic carbocycles. The molecule has 0 aromatic heterocycles. The standard InChI is InChI=1S/C46H82NO7P/c1-6-8-10-12-14-16-18-20-22-24-25-27-29-31-33-35-37-39-46(48)54-45(44-53-55(49,50)52-42-40-47(3,4)5)43-51-41-38-36-34-32-30-28-26-23-21-19-17-15-13-11-9-7-2/h8,10,14-17,20-23,25,27,45H,6-7,9,11-13,18-19,24,26,28-44H2,1-5H3/p+1/b10-8-,16-14-,17-15-,22-20-,23-21-,27-25-. The Morgan fingerprint density at radius 1 is 0.582 bits per heavy atom. The molecule has 0 amide bonds. The topological polar surface area (TPSA) is 91.3 Å². The van der Waals surface area contributed by atoms with E-state index < -0.39 is 13.9 Å². The maximum Gasteiger partial charge on any atom is 0.472 e. The molecule has 1 N–H and O–H groups in total. The van der Waals surface area contributed by atoms with Crippen LogP contribution >= 0.6 is 7.82 Å². The van der Waals surface area contributed by atoms with Crippen LogP contribution < -0.4 is 0 Å². The average Bonchev–Trinajstić information content (AvgIpc) is 3.13. The van der Waals surface area contributed by atoms with E-state index in [1.165, 1.54) is 44.9 Å². The lowest BCUT2D eigenvalue weighted by Gasteiger charge is -2.24. The zero-order valence-corrected chi connectivity index (χ0v) is 36.8. The third-order valence-corrected chi connectivity index (χ3v) is 9.74. The van der Waals surface area contributed by atoms with Gasteiger partial charge < -0.3 is 18.9 Å². The van der Waals surface area contributed by atoms with Gasteiger partial charge in [0.1, 0.15) is 19.3 Å². The minimum absolute atomic E-state index is 0.0774. The Bertz CT molecular complexity index is 1110. The van der Waals surface area contributed by atoms with Crippen LogP contribution in [0.3, 0.4) is 0 Å². The summed E-state index contributed by atoms with van der Waals surface area (Å²) in [5.41, 5.74) is 0. The van der Waals surface area contributed by atoms with Crippen molar-refractivity contribution >= 4 is 13.8 Å². The highest BCUT2D eigenvalue weighted by molar-refractivity contribution is 7.47. The van der Waals surface area contributed by atoms with Crippen LogP contribution in [0.2, 0.25) is 0 Å². The Labute approximate surface area is 338 Å². The first-order chi connectivity index (χ1) is 26.6. The van der Waals surface area contributed by atoms with E-state index in [2.05, 4.69) is 86.8 Å². The zero-order valence-electron chi connectivity index (χ0n) is 35.9. The summed E-state index contributed by atoms with van der Waals surface area (Å²) in [5, 5.41) is 0. The molecule has 0 aromatic rings. The van der Waals surface area contributed by atoms with Gasteiger partial charge in [0, 0.05) is 13.0 Å². The van der Waals surface area contributed by atoms with Gasteiger partial charge in [0.15, 0.2) is 0 Å². The molecule has 9 heteroatoms. The number of carbonyl (C=O) groups is 1. The molecule has 0 heterocycles. The molecule has 0 rings (SSSR count). The zero-order chi connectivity index (χ0) is 40.6. The third-order valence-electron chi connectivity index (χ3n) is 8.75. The SMILES string of the molecule is CC/C=C\C/C=C\C/C=C\C/C=C\CCCCCCC(=O)OC(COCCCCCCCC/C=C\C/C=C\CCCCC)COP(=O)(O)OCC[N+](C)(C)C. The van der Waals surface area contributed by atoms with E-state index in [1.807, 2.05) is 21.1 Å². The summed E-state index contributed by atoms with van der Waals surface area (Å²) in [5.74, 6) is -0.344. The number of phosphoric ester groups is 1. The van der Waals surface area contributed by atoms with Gasteiger partial charge >= 0.3 is 13.8 Å². The predicted molar refractivity (Wildman–Crippen MR) is 233 cm³/mol. The Morgan fingerprint density at radius 2 is 1.05 bits per heavy atom. The largest absolute Gasteiger partial charge is 0.472 e. The number of nitrogens with zero attached hydrogens (tertiary/aromatic N) is 1. The van der Waals surface area contributed by atoms with Gasteiger partial charge in [0.05, 0.1) is 34.4 Å². The van der Waals surface area contributed by atoms with Gasteiger partial charge in [0.2, 0.25) is 0 Å². The third kappa shape index (κ3) is 42.9.